The van der Waals surface area contributed by atoms with Gasteiger partial charge in [0.25, 0.3) is 0 Å². The van der Waals surface area contributed by atoms with Gasteiger partial charge in [0.05, 0.1) is 5.38 Å². The largest absolute Gasteiger partial charge is 0.237 e. The Bertz CT molecular complexity index is 516. The zero-order chi connectivity index (χ0) is 11.7. The Kier molecular flexibility index (Phi) is 3.17. The van der Waals surface area contributed by atoms with Crippen LogP contribution < -0.4 is 4.57 Å². The number of aromatic nitrogens is 1. The molecule has 1 aromatic carbocycles. The maximum Gasteiger partial charge on any atom is 0.237 e. The minimum Gasteiger partial charge on any atom is -0.186 e. The van der Waals surface area contributed by atoms with Crippen molar-refractivity contribution in [3.05, 3.63) is 39.7 Å². The Morgan fingerprint density at radius 3 is 2.71 bits per heavy atom. The summed E-state index contributed by atoms with van der Waals surface area (Å²) in [4.78, 5) is 0. The molecule has 0 bridgehead atoms. The molecule has 2 aromatic rings. The second-order valence-electron chi connectivity index (χ2n) is 4.48. The summed E-state index contributed by atoms with van der Waals surface area (Å²) in [6.07, 6.45) is 5.22. The Hall–Kier alpha value is -0.860. The molecule has 1 nitrogen and oxygen atoms in total. The first-order valence-corrected chi connectivity index (χ1v) is 7.36. The van der Waals surface area contributed by atoms with E-state index in [0.29, 0.717) is 0 Å². The highest BCUT2D eigenvalue weighted by molar-refractivity contribution is 7.09. The maximum atomic E-state index is 5.94. The molecule has 2 heterocycles. The van der Waals surface area contributed by atoms with Crippen LogP contribution in [-0.4, -0.2) is 0 Å². The van der Waals surface area contributed by atoms with E-state index in [-0.39, 0.29) is 0 Å². The molecule has 3 rings (SSSR count). The topological polar surface area (TPSA) is 3.88 Å². The van der Waals surface area contributed by atoms with Crippen molar-refractivity contribution >= 4 is 22.9 Å². The second kappa shape index (κ2) is 4.79. The molecule has 0 radical (unpaired) electrons. The molecule has 1 aliphatic rings. The predicted molar refractivity (Wildman–Crippen MR) is 72.5 cm³/mol. The van der Waals surface area contributed by atoms with E-state index in [9.17, 15) is 0 Å². The van der Waals surface area contributed by atoms with Gasteiger partial charge < -0.3 is 0 Å². The minimum atomic E-state index is 0.806. The van der Waals surface area contributed by atoms with Crippen LogP contribution in [-0.2, 0) is 13.0 Å². The van der Waals surface area contributed by atoms with E-state index in [1.165, 1.54) is 41.9 Å². The number of hydrogen-bond donors (Lipinski definition) is 0. The number of halogens is 1. The first-order chi connectivity index (χ1) is 8.34. The van der Waals surface area contributed by atoms with Crippen LogP contribution in [0.5, 0.6) is 0 Å². The van der Waals surface area contributed by atoms with Crippen molar-refractivity contribution in [1.82, 2.24) is 0 Å². The minimum absolute atomic E-state index is 0.806. The van der Waals surface area contributed by atoms with Crippen molar-refractivity contribution in [3.63, 3.8) is 0 Å². The summed E-state index contributed by atoms with van der Waals surface area (Å²) in [5.74, 6) is 0. The number of aryl methyl sites for hydroxylation is 1. The Morgan fingerprint density at radius 2 is 1.88 bits per heavy atom. The van der Waals surface area contributed by atoms with E-state index < -0.39 is 0 Å². The van der Waals surface area contributed by atoms with Crippen LogP contribution >= 0.6 is 22.9 Å². The zero-order valence-electron chi connectivity index (χ0n) is 9.66. The fourth-order valence-electron chi connectivity index (χ4n) is 2.39. The first kappa shape index (κ1) is 11.2. The number of nitrogens with zero attached hydrogens (tertiary/aromatic N) is 1. The maximum absolute atomic E-state index is 5.94. The molecule has 0 saturated heterocycles. The lowest BCUT2D eigenvalue weighted by molar-refractivity contribution is -0.687. The first-order valence-electron chi connectivity index (χ1n) is 6.11. The lowest BCUT2D eigenvalue weighted by Gasteiger charge is -1.99. The molecule has 0 amide bonds. The molecule has 0 atom stereocenters. The Balaban J connectivity index is 2.03. The highest BCUT2D eigenvalue weighted by Crippen LogP contribution is 2.24. The van der Waals surface area contributed by atoms with Gasteiger partial charge in [-0.25, -0.2) is 0 Å². The van der Waals surface area contributed by atoms with Crippen molar-refractivity contribution in [3.8, 4) is 11.3 Å². The smallest absolute Gasteiger partial charge is 0.186 e. The van der Waals surface area contributed by atoms with Gasteiger partial charge >= 0.3 is 0 Å². The van der Waals surface area contributed by atoms with Crippen LogP contribution in [0.1, 0.15) is 24.3 Å². The van der Waals surface area contributed by atoms with Gasteiger partial charge in [0.15, 0.2) is 0 Å². The molecular weight excluding hydrogens is 250 g/mol. The van der Waals surface area contributed by atoms with E-state index >= 15 is 0 Å². The molecule has 0 aliphatic carbocycles. The van der Waals surface area contributed by atoms with Gasteiger partial charge in [-0.2, -0.15) is 4.57 Å². The SMILES string of the molecule is Clc1ccc(-c2csc3[n+]2CCCCC3)cc1. The average molecular weight is 265 g/mol. The molecule has 1 aliphatic heterocycles. The summed E-state index contributed by atoms with van der Waals surface area (Å²) < 4.78 is 2.49. The highest BCUT2D eigenvalue weighted by atomic mass is 35.5. The van der Waals surface area contributed by atoms with E-state index in [2.05, 4.69) is 22.1 Å². The second-order valence-corrected chi connectivity index (χ2v) is 5.86. The Morgan fingerprint density at radius 1 is 1.06 bits per heavy atom. The summed E-state index contributed by atoms with van der Waals surface area (Å²) in [7, 11) is 0. The molecule has 17 heavy (non-hydrogen) atoms. The lowest BCUT2D eigenvalue weighted by atomic mass is 10.2. The Labute approximate surface area is 111 Å². The third-order valence-electron chi connectivity index (χ3n) is 3.31. The van der Waals surface area contributed by atoms with Crippen molar-refractivity contribution in [2.75, 3.05) is 0 Å². The molecule has 0 saturated carbocycles. The van der Waals surface area contributed by atoms with Gasteiger partial charge in [0.2, 0.25) is 10.7 Å². The van der Waals surface area contributed by atoms with Gasteiger partial charge in [-0.15, -0.1) is 0 Å². The predicted octanol–water partition coefficient (Wildman–Crippen LogP) is 4.08. The molecule has 0 unspecified atom stereocenters. The molecule has 88 valence electrons. The van der Waals surface area contributed by atoms with E-state index in [1.807, 2.05) is 23.5 Å². The average Bonchev–Trinajstić information content (AvgIpc) is 2.60. The summed E-state index contributed by atoms with van der Waals surface area (Å²) in [6.45, 7) is 1.16. The molecule has 0 N–H and O–H groups in total. The number of thiazole rings is 1. The number of fused-ring (bicyclic) bond motifs is 1. The van der Waals surface area contributed by atoms with Gasteiger partial charge in [-0.1, -0.05) is 22.9 Å². The molecule has 0 fully saturated rings. The lowest BCUT2D eigenvalue weighted by Crippen LogP contribution is -2.36. The quantitative estimate of drug-likeness (QED) is 0.684. The van der Waals surface area contributed by atoms with Gasteiger partial charge in [0, 0.05) is 23.4 Å². The zero-order valence-corrected chi connectivity index (χ0v) is 11.2. The van der Waals surface area contributed by atoms with E-state index in [1.54, 1.807) is 0 Å². The van der Waals surface area contributed by atoms with Crippen LogP contribution in [0.2, 0.25) is 5.02 Å². The van der Waals surface area contributed by atoms with Crippen molar-refractivity contribution in [1.29, 1.82) is 0 Å². The van der Waals surface area contributed by atoms with Crippen molar-refractivity contribution in [2.24, 2.45) is 0 Å². The van der Waals surface area contributed by atoms with Crippen LogP contribution in [0.25, 0.3) is 11.3 Å². The molecule has 3 heteroatoms. The summed E-state index contributed by atoms with van der Waals surface area (Å²) >= 11 is 7.83. The van der Waals surface area contributed by atoms with Crippen molar-refractivity contribution in [2.45, 2.75) is 32.2 Å². The molecule has 0 spiro atoms. The van der Waals surface area contributed by atoms with Crippen LogP contribution in [0.15, 0.2) is 29.6 Å². The van der Waals surface area contributed by atoms with E-state index in [4.69, 9.17) is 11.6 Å². The summed E-state index contributed by atoms with van der Waals surface area (Å²) in [5.41, 5.74) is 2.63. The standard InChI is InChI=1S/C14H15ClNS/c15-12-7-5-11(6-8-12)13-10-17-14-4-2-1-3-9-16(13)14/h5-8,10H,1-4,9H2/q+1. The molecule has 1 aromatic heterocycles. The number of benzene rings is 1. The van der Waals surface area contributed by atoms with Gasteiger partial charge in [0.1, 0.15) is 6.54 Å². The summed E-state index contributed by atoms with van der Waals surface area (Å²) in [5, 5.41) is 4.61. The van der Waals surface area contributed by atoms with Crippen LogP contribution in [0.3, 0.4) is 0 Å². The van der Waals surface area contributed by atoms with Gasteiger partial charge in [-0.05, 0) is 37.1 Å². The van der Waals surface area contributed by atoms with E-state index in [0.717, 1.165) is 11.6 Å². The monoisotopic (exact) mass is 264 g/mol. The third-order valence-corrected chi connectivity index (χ3v) is 4.60. The normalized spacial score (nSPS) is 15.4. The number of hydrogen-bond acceptors (Lipinski definition) is 1. The fraction of sp³-hybridized carbons (Fsp3) is 0.357. The van der Waals surface area contributed by atoms with Crippen molar-refractivity contribution < 1.29 is 4.57 Å². The van der Waals surface area contributed by atoms with Crippen LogP contribution in [0.4, 0.5) is 0 Å². The number of rotatable bonds is 1. The van der Waals surface area contributed by atoms with Gasteiger partial charge in [-0.3, -0.25) is 0 Å². The van der Waals surface area contributed by atoms with Crippen LogP contribution in [0, 0.1) is 0 Å². The fourth-order valence-corrected chi connectivity index (χ4v) is 3.61. The third kappa shape index (κ3) is 2.24. The highest BCUT2D eigenvalue weighted by Gasteiger charge is 2.22. The molecular formula is C14H15ClNS+. The summed E-state index contributed by atoms with van der Waals surface area (Å²) in [6, 6.07) is 8.17.